The molecule has 0 aliphatic rings. The van der Waals surface area contributed by atoms with Gasteiger partial charge in [-0.2, -0.15) is 0 Å². The van der Waals surface area contributed by atoms with Crippen LogP contribution in [0.1, 0.15) is 34.1 Å². The first-order chi connectivity index (χ1) is 6.43. The van der Waals surface area contributed by atoms with E-state index in [-0.39, 0.29) is 6.04 Å². The van der Waals surface area contributed by atoms with Crippen LogP contribution in [0.25, 0.3) is 0 Å². The largest absolute Gasteiger partial charge is 0.377 e. The van der Waals surface area contributed by atoms with Gasteiger partial charge in [0, 0.05) is 18.6 Å². The van der Waals surface area contributed by atoms with E-state index in [1.165, 1.54) is 0 Å². The standard InChI is InChI=1S/C11H26N2O/c1-9(2)14-7-6-13(5)11(4)8-10(3)12/h9-11H,6-8,12H2,1-5H3. The minimum Gasteiger partial charge on any atom is -0.377 e. The number of likely N-dealkylation sites (N-methyl/N-ethyl adjacent to an activating group) is 1. The van der Waals surface area contributed by atoms with Gasteiger partial charge >= 0.3 is 0 Å². The average molecular weight is 202 g/mol. The molecular formula is C11H26N2O. The number of nitrogens with zero attached hydrogens (tertiary/aromatic N) is 1. The van der Waals surface area contributed by atoms with Gasteiger partial charge < -0.3 is 15.4 Å². The molecule has 0 aromatic heterocycles. The SMILES string of the molecule is CC(N)CC(C)N(C)CCOC(C)C. The quantitative estimate of drug-likeness (QED) is 0.679. The van der Waals surface area contributed by atoms with Gasteiger partial charge in [-0.05, 0) is 41.2 Å². The first kappa shape index (κ1) is 13.9. The van der Waals surface area contributed by atoms with Crippen LogP contribution in [0.4, 0.5) is 0 Å². The van der Waals surface area contributed by atoms with Gasteiger partial charge in [0.05, 0.1) is 12.7 Å². The number of hydrogen-bond acceptors (Lipinski definition) is 3. The first-order valence-electron chi connectivity index (χ1n) is 5.51. The molecule has 0 heterocycles. The molecule has 0 saturated carbocycles. The van der Waals surface area contributed by atoms with E-state index < -0.39 is 0 Å². The Morgan fingerprint density at radius 1 is 1.21 bits per heavy atom. The fraction of sp³-hybridized carbons (Fsp3) is 1.00. The van der Waals surface area contributed by atoms with Crippen molar-refractivity contribution in [1.29, 1.82) is 0 Å². The van der Waals surface area contributed by atoms with Gasteiger partial charge in [-0.1, -0.05) is 0 Å². The molecule has 0 bridgehead atoms. The summed E-state index contributed by atoms with van der Waals surface area (Å²) in [5, 5.41) is 0. The van der Waals surface area contributed by atoms with Gasteiger partial charge in [0.15, 0.2) is 0 Å². The van der Waals surface area contributed by atoms with Crippen molar-refractivity contribution in [2.75, 3.05) is 20.2 Å². The van der Waals surface area contributed by atoms with Crippen molar-refractivity contribution in [1.82, 2.24) is 4.90 Å². The van der Waals surface area contributed by atoms with E-state index >= 15 is 0 Å². The smallest absolute Gasteiger partial charge is 0.0596 e. The lowest BCUT2D eigenvalue weighted by molar-refractivity contribution is 0.0561. The average Bonchev–Trinajstić information content (AvgIpc) is 2.01. The molecule has 2 N–H and O–H groups in total. The molecule has 0 aromatic rings. The molecule has 0 saturated heterocycles. The molecule has 0 aromatic carbocycles. The van der Waals surface area contributed by atoms with E-state index in [0.29, 0.717) is 12.1 Å². The number of hydrogen-bond donors (Lipinski definition) is 1. The Morgan fingerprint density at radius 3 is 2.21 bits per heavy atom. The summed E-state index contributed by atoms with van der Waals surface area (Å²) in [6.45, 7) is 10.2. The maximum absolute atomic E-state index is 5.75. The third-order valence-electron chi connectivity index (χ3n) is 2.36. The van der Waals surface area contributed by atoms with E-state index in [9.17, 15) is 0 Å². The zero-order chi connectivity index (χ0) is 11.1. The van der Waals surface area contributed by atoms with Crippen molar-refractivity contribution in [2.24, 2.45) is 5.73 Å². The highest BCUT2D eigenvalue weighted by Crippen LogP contribution is 2.03. The van der Waals surface area contributed by atoms with Gasteiger partial charge in [-0.15, -0.1) is 0 Å². The lowest BCUT2D eigenvalue weighted by Crippen LogP contribution is -2.36. The summed E-state index contributed by atoms with van der Waals surface area (Å²) in [6.07, 6.45) is 1.37. The van der Waals surface area contributed by atoms with E-state index in [1.807, 2.05) is 0 Å². The Labute approximate surface area is 88.6 Å². The van der Waals surface area contributed by atoms with Crippen molar-refractivity contribution in [3.63, 3.8) is 0 Å². The number of ether oxygens (including phenoxy) is 1. The normalized spacial score (nSPS) is 16.3. The van der Waals surface area contributed by atoms with Gasteiger partial charge in [-0.3, -0.25) is 0 Å². The molecule has 14 heavy (non-hydrogen) atoms. The summed E-state index contributed by atoms with van der Waals surface area (Å²) in [5.41, 5.74) is 5.75. The molecule has 0 spiro atoms. The minimum atomic E-state index is 0.276. The molecular weight excluding hydrogens is 176 g/mol. The van der Waals surface area contributed by atoms with Crippen LogP contribution >= 0.6 is 0 Å². The zero-order valence-corrected chi connectivity index (χ0v) is 10.3. The highest BCUT2D eigenvalue weighted by atomic mass is 16.5. The molecule has 0 aliphatic carbocycles. The Hall–Kier alpha value is -0.120. The predicted octanol–water partition coefficient (Wildman–Crippen LogP) is 1.47. The Bertz CT molecular complexity index is 137. The lowest BCUT2D eigenvalue weighted by Gasteiger charge is -2.26. The number of rotatable bonds is 7. The maximum atomic E-state index is 5.75. The lowest BCUT2D eigenvalue weighted by atomic mass is 10.1. The summed E-state index contributed by atoms with van der Waals surface area (Å²) in [5.74, 6) is 0. The van der Waals surface area contributed by atoms with Crippen LogP contribution in [-0.2, 0) is 4.74 Å². The van der Waals surface area contributed by atoms with Crippen molar-refractivity contribution in [3.05, 3.63) is 0 Å². The van der Waals surface area contributed by atoms with Crippen molar-refractivity contribution in [3.8, 4) is 0 Å². The third-order valence-corrected chi connectivity index (χ3v) is 2.36. The zero-order valence-electron chi connectivity index (χ0n) is 10.3. The molecule has 0 rings (SSSR count). The Balaban J connectivity index is 3.56. The minimum absolute atomic E-state index is 0.276. The van der Waals surface area contributed by atoms with Crippen LogP contribution in [0.2, 0.25) is 0 Å². The fourth-order valence-corrected chi connectivity index (χ4v) is 1.37. The highest BCUT2D eigenvalue weighted by molar-refractivity contribution is 4.68. The Kier molecular flexibility index (Phi) is 7.15. The van der Waals surface area contributed by atoms with E-state index in [2.05, 4.69) is 39.6 Å². The second-order valence-electron chi connectivity index (χ2n) is 4.46. The summed E-state index contributed by atoms with van der Waals surface area (Å²) in [7, 11) is 2.12. The second kappa shape index (κ2) is 7.21. The van der Waals surface area contributed by atoms with Crippen LogP contribution in [0.15, 0.2) is 0 Å². The van der Waals surface area contributed by atoms with Crippen LogP contribution in [0, 0.1) is 0 Å². The summed E-state index contributed by atoms with van der Waals surface area (Å²) >= 11 is 0. The highest BCUT2D eigenvalue weighted by Gasteiger charge is 2.10. The monoisotopic (exact) mass is 202 g/mol. The fourth-order valence-electron chi connectivity index (χ4n) is 1.37. The summed E-state index contributed by atoms with van der Waals surface area (Å²) in [6, 6.07) is 0.809. The second-order valence-corrected chi connectivity index (χ2v) is 4.46. The van der Waals surface area contributed by atoms with Crippen molar-refractivity contribution < 1.29 is 4.74 Å². The summed E-state index contributed by atoms with van der Waals surface area (Å²) < 4.78 is 5.49. The van der Waals surface area contributed by atoms with Crippen molar-refractivity contribution in [2.45, 2.75) is 52.3 Å². The van der Waals surface area contributed by atoms with Crippen LogP contribution in [-0.4, -0.2) is 43.3 Å². The van der Waals surface area contributed by atoms with Crippen LogP contribution in [0.3, 0.4) is 0 Å². The molecule has 0 fully saturated rings. The molecule has 3 nitrogen and oxygen atoms in total. The number of nitrogens with two attached hydrogens (primary N) is 1. The molecule has 0 amide bonds. The molecule has 0 aliphatic heterocycles. The van der Waals surface area contributed by atoms with E-state index in [1.54, 1.807) is 0 Å². The predicted molar refractivity (Wildman–Crippen MR) is 61.4 cm³/mol. The van der Waals surface area contributed by atoms with Gasteiger partial charge in [-0.25, -0.2) is 0 Å². The molecule has 2 atom stereocenters. The van der Waals surface area contributed by atoms with Gasteiger partial charge in [0.1, 0.15) is 0 Å². The van der Waals surface area contributed by atoms with Gasteiger partial charge in [0.2, 0.25) is 0 Å². The molecule has 86 valence electrons. The van der Waals surface area contributed by atoms with Crippen LogP contribution < -0.4 is 5.73 Å². The van der Waals surface area contributed by atoms with Crippen molar-refractivity contribution >= 4 is 0 Å². The first-order valence-corrected chi connectivity index (χ1v) is 5.51. The molecule has 0 radical (unpaired) electrons. The van der Waals surface area contributed by atoms with E-state index in [0.717, 1.165) is 19.6 Å². The van der Waals surface area contributed by atoms with Gasteiger partial charge in [0.25, 0.3) is 0 Å². The Morgan fingerprint density at radius 2 is 1.79 bits per heavy atom. The van der Waals surface area contributed by atoms with E-state index in [4.69, 9.17) is 10.5 Å². The van der Waals surface area contributed by atoms with Crippen LogP contribution in [0.5, 0.6) is 0 Å². The third kappa shape index (κ3) is 7.30. The maximum Gasteiger partial charge on any atom is 0.0596 e. The summed E-state index contributed by atoms with van der Waals surface area (Å²) in [4.78, 5) is 2.30. The molecule has 2 unspecified atom stereocenters. The topological polar surface area (TPSA) is 38.5 Å². The molecule has 3 heteroatoms.